The van der Waals surface area contributed by atoms with Crippen LogP contribution in [-0.4, -0.2) is 29.2 Å². The van der Waals surface area contributed by atoms with E-state index in [0.717, 1.165) is 12.4 Å². The van der Waals surface area contributed by atoms with Crippen LogP contribution in [0.5, 0.6) is 0 Å². The highest BCUT2D eigenvalue weighted by atomic mass is 16.5. The van der Waals surface area contributed by atoms with Crippen molar-refractivity contribution in [2.45, 2.75) is 38.7 Å². The molecule has 0 bridgehead atoms. The molecule has 0 amide bonds. The summed E-state index contributed by atoms with van der Waals surface area (Å²) in [7, 11) is 0. The van der Waals surface area contributed by atoms with Crippen LogP contribution in [0.2, 0.25) is 0 Å². The monoisotopic (exact) mass is 236 g/mol. The van der Waals surface area contributed by atoms with E-state index in [9.17, 15) is 0 Å². The summed E-state index contributed by atoms with van der Waals surface area (Å²) in [6, 6.07) is 1.74. The molecule has 2 rings (SSSR count). The first-order chi connectivity index (χ1) is 8.24. The molecule has 5 nitrogen and oxygen atoms in total. The van der Waals surface area contributed by atoms with Crippen molar-refractivity contribution in [2.75, 3.05) is 24.2 Å². The molecule has 1 heterocycles. The van der Waals surface area contributed by atoms with Gasteiger partial charge >= 0.3 is 0 Å². The Morgan fingerprint density at radius 3 is 2.88 bits per heavy atom. The van der Waals surface area contributed by atoms with E-state index in [-0.39, 0.29) is 0 Å². The molecule has 1 aliphatic carbocycles. The summed E-state index contributed by atoms with van der Waals surface area (Å²) >= 11 is 0. The third-order valence-electron chi connectivity index (χ3n) is 2.92. The Kier molecular flexibility index (Phi) is 4.14. The van der Waals surface area contributed by atoms with Gasteiger partial charge in [0.1, 0.15) is 17.5 Å². The third kappa shape index (κ3) is 3.85. The molecule has 17 heavy (non-hydrogen) atoms. The van der Waals surface area contributed by atoms with Crippen molar-refractivity contribution in [1.29, 1.82) is 0 Å². The minimum Gasteiger partial charge on any atom is -0.384 e. The lowest BCUT2D eigenvalue weighted by Gasteiger charge is -2.12. The lowest BCUT2D eigenvalue weighted by atomic mass is 10.3. The van der Waals surface area contributed by atoms with E-state index in [1.807, 2.05) is 6.92 Å². The summed E-state index contributed by atoms with van der Waals surface area (Å²) in [5.74, 6) is 1.95. The molecular formula is C12H20N4O. The molecule has 0 atom stereocenters. The van der Waals surface area contributed by atoms with Gasteiger partial charge in [-0.05, 0) is 19.8 Å². The predicted molar refractivity (Wildman–Crippen MR) is 67.9 cm³/mol. The summed E-state index contributed by atoms with van der Waals surface area (Å²) in [5.41, 5.74) is 5.64. The van der Waals surface area contributed by atoms with Crippen molar-refractivity contribution in [1.82, 2.24) is 9.97 Å². The minimum absolute atomic E-state index is 0.467. The highest BCUT2D eigenvalue weighted by molar-refractivity contribution is 5.44. The van der Waals surface area contributed by atoms with Crippen LogP contribution in [0.15, 0.2) is 6.07 Å². The summed E-state index contributed by atoms with van der Waals surface area (Å²) in [5, 5.41) is 3.19. The largest absolute Gasteiger partial charge is 0.384 e. The number of anilines is 2. The van der Waals surface area contributed by atoms with E-state index in [1.165, 1.54) is 25.7 Å². The lowest BCUT2D eigenvalue weighted by molar-refractivity contribution is 0.0658. The maximum Gasteiger partial charge on any atom is 0.131 e. The third-order valence-corrected chi connectivity index (χ3v) is 2.92. The summed E-state index contributed by atoms with van der Waals surface area (Å²) in [6.07, 6.45) is 5.49. The number of nitrogens with two attached hydrogens (primary N) is 1. The van der Waals surface area contributed by atoms with E-state index in [4.69, 9.17) is 10.5 Å². The van der Waals surface area contributed by atoms with E-state index in [2.05, 4.69) is 15.3 Å². The number of aromatic nitrogens is 2. The second kappa shape index (κ2) is 5.82. The van der Waals surface area contributed by atoms with Crippen molar-refractivity contribution in [2.24, 2.45) is 0 Å². The topological polar surface area (TPSA) is 73.1 Å². The van der Waals surface area contributed by atoms with Crippen LogP contribution in [-0.2, 0) is 4.74 Å². The average Bonchev–Trinajstić information content (AvgIpc) is 2.76. The number of hydrogen-bond acceptors (Lipinski definition) is 5. The van der Waals surface area contributed by atoms with Crippen LogP contribution < -0.4 is 11.1 Å². The second-order valence-electron chi connectivity index (χ2n) is 4.43. The van der Waals surface area contributed by atoms with Crippen LogP contribution in [0.3, 0.4) is 0 Å². The Morgan fingerprint density at radius 1 is 1.41 bits per heavy atom. The van der Waals surface area contributed by atoms with Gasteiger partial charge in [-0.3, -0.25) is 0 Å². The number of ether oxygens (including phenoxy) is 1. The van der Waals surface area contributed by atoms with E-state index < -0.39 is 0 Å². The molecule has 0 spiro atoms. The highest BCUT2D eigenvalue weighted by Gasteiger charge is 2.14. The summed E-state index contributed by atoms with van der Waals surface area (Å²) in [6.45, 7) is 3.30. The first kappa shape index (κ1) is 12.1. The number of nitrogens with one attached hydrogen (secondary N) is 1. The Morgan fingerprint density at radius 2 is 2.18 bits per heavy atom. The van der Waals surface area contributed by atoms with Crippen molar-refractivity contribution < 1.29 is 4.74 Å². The number of nitrogens with zero attached hydrogens (tertiary/aromatic N) is 2. The molecule has 94 valence electrons. The molecule has 1 fully saturated rings. The molecule has 1 aromatic heterocycles. The molecule has 0 unspecified atom stereocenters. The van der Waals surface area contributed by atoms with Crippen molar-refractivity contribution in [3.05, 3.63) is 11.9 Å². The SMILES string of the molecule is Cc1nc(N)cc(NCCOC2CCCC2)n1. The Bertz CT molecular complexity index is 343. The molecule has 1 saturated carbocycles. The molecule has 1 aromatic rings. The van der Waals surface area contributed by atoms with E-state index >= 15 is 0 Å². The zero-order valence-electron chi connectivity index (χ0n) is 10.3. The van der Waals surface area contributed by atoms with Crippen LogP contribution in [0.1, 0.15) is 31.5 Å². The normalized spacial score (nSPS) is 16.3. The van der Waals surface area contributed by atoms with Crippen molar-refractivity contribution >= 4 is 11.6 Å². The molecule has 0 aromatic carbocycles. The lowest BCUT2D eigenvalue weighted by Crippen LogP contribution is -2.16. The Hall–Kier alpha value is -1.36. The first-order valence-corrected chi connectivity index (χ1v) is 6.20. The fourth-order valence-corrected chi connectivity index (χ4v) is 2.14. The summed E-state index contributed by atoms with van der Waals surface area (Å²) in [4.78, 5) is 8.27. The quantitative estimate of drug-likeness (QED) is 0.762. The van der Waals surface area contributed by atoms with Crippen molar-refractivity contribution in [3.8, 4) is 0 Å². The fraction of sp³-hybridized carbons (Fsp3) is 0.667. The number of rotatable bonds is 5. The van der Waals surface area contributed by atoms with Gasteiger partial charge in [0.15, 0.2) is 0 Å². The van der Waals surface area contributed by atoms with Gasteiger partial charge in [0, 0.05) is 12.6 Å². The second-order valence-corrected chi connectivity index (χ2v) is 4.43. The zero-order chi connectivity index (χ0) is 12.1. The maximum atomic E-state index is 5.75. The molecule has 3 N–H and O–H groups in total. The first-order valence-electron chi connectivity index (χ1n) is 6.20. The number of nitrogen functional groups attached to an aromatic ring is 1. The van der Waals surface area contributed by atoms with Gasteiger partial charge in [-0.1, -0.05) is 12.8 Å². The van der Waals surface area contributed by atoms with Crippen LogP contribution in [0.25, 0.3) is 0 Å². The Balaban J connectivity index is 1.70. The molecule has 0 radical (unpaired) electrons. The van der Waals surface area contributed by atoms with E-state index in [1.54, 1.807) is 6.07 Å². The highest BCUT2D eigenvalue weighted by Crippen LogP contribution is 2.20. The maximum absolute atomic E-state index is 5.75. The zero-order valence-corrected chi connectivity index (χ0v) is 10.3. The van der Waals surface area contributed by atoms with E-state index in [0.29, 0.717) is 24.4 Å². The van der Waals surface area contributed by atoms with Gasteiger partial charge in [0.25, 0.3) is 0 Å². The molecular weight excluding hydrogens is 216 g/mol. The standard InChI is InChI=1S/C12H20N4O/c1-9-15-11(13)8-12(16-9)14-6-7-17-10-4-2-3-5-10/h8,10H,2-7H2,1H3,(H3,13,14,15,16). The van der Waals surface area contributed by atoms with Gasteiger partial charge < -0.3 is 15.8 Å². The predicted octanol–water partition coefficient (Wildman–Crippen LogP) is 1.74. The molecule has 1 aliphatic rings. The number of hydrogen-bond donors (Lipinski definition) is 2. The molecule has 0 aliphatic heterocycles. The van der Waals surface area contributed by atoms with Crippen LogP contribution >= 0.6 is 0 Å². The van der Waals surface area contributed by atoms with Crippen molar-refractivity contribution in [3.63, 3.8) is 0 Å². The van der Waals surface area contributed by atoms with Gasteiger partial charge in [0.05, 0.1) is 12.7 Å². The van der Waals surface area contributed by atoms with Gasteiger partial charge in [-0.15, -0.1) is 0 Å². The smallest absolute Gasteiger partial charge is 0.131 e. The Labute approximate surface area is 102 Å². The average molecular weight is 236 g/mol. The molecule has 5 heteroatoms. The summed E-state index contributed by atoms with van der Waals surface area (Å²) < 4.78 is 5.75. The fourth-order valence-electron chi connectivity index (χ4n) is 2.14. The van der Waals surface area contributed by atoms with Gasteiger partial charge in [-0.2, -0.15) is 0 Å². The van der Waals surface area contributed by atoms with Gasteiger partial charge in [-0.25, -0.2) is 9.97 Å². The number of aryl methyl sites for hydroxylation is 1. The minimum atomic E-state index is 0.467. The van der Waals surface area contributed by atoms with Crippen LogP contribution in [0.4, 0.5) is 11.6 Å². The van der Waals surface area contributed by atoms with Gasteiger partial charge in [0.2, 0.25) is 0 Å². The molecule has 0 saturated heterocycles. The van der Waals surface area contributed by atoms with Crippen LogP contribution in [0, 0.1) is 6.92 Å².